The number of hydrogen-bond acceptors (Lipinski definition) is 5. The molecule has 5 rings (SSSR count). The van der Waals surface area contributed by atoms with E-state index in [1.165, 1.54) is 12.8 Å². The minimum atomic E-state index is -0.0858. The first-order valence-corrected chi connectivity index (χ1v) is 10.5. The number of para-hydroxylation sites is 2. The molecule has 1 aliphatic heterocycles. The molecule has 1 aliphatic rings. The van der Waals surface area contributed by atoms with Crippen LogP contribution in [0.5, 0.6) is 5.75 Å². The van der Waals surface area contributed by atoms with E-state index in [2.05, 4.69) is 4.90 Å². The second-order valence-corrected chi connectivity index (χ2v) is 7.97. The van der Waals surface area contributed by atoms with Crippen LogP contribution in [-0.4, -0.2) is 43.8 Å². The third-order valence-corrected chi connectivity index (χ3v) is 6.13. The zero-order valence-electron chi connectivity index (χ0n) is 16.8. The van der Waals surface area contributed by atoms with Crippen molar-refractivity contribution in [1.29, 1.82) is 0 Å². The maximum atomic E-state index is 13.4. The first-order chi connectivity index (χ1) is 14.7. The number of methoxy groups -OCH3 is 1. The molecule has 1 fully saturated rings. The van der Waals surface area contributed by atoms with Crippen molar-refractivity contribution in [1.82, 2.24) is 23.6 Å². The molecule has 0 aliphatic carbocycles. The van der Waals surface area contributed by atoms with Crippen molar-refractivity contribution in [2.24, 2.45) is 0 Å². The minimum absolute atomic E-state index is 0.0858. The van der Waals surface area contributed by atoms with Crippen molar-refractivity contribution in [3.63, 3.8) is 0 Å². The lowest BCUT2D eigenvalue weighted by Crippen LogP contribution is -2.24. The topological polar surface area (TPSA) is 56.7 Å². The highest BCUT2D eigenvalue weighted by Crippen LogP contribution is 2.21. The van der Waals surface area contributed by atoms with Crippen LogP contribution in [-0.2, 0) is 13.2 Å². The zero-order chi connectivity index (χ0) is 20.7. The second-order valence-electron chi connectivity index (χ2n) is 7.60. The highest BCUT2D eigenvalue weighted by atomic mass is 32.1. The van der Waals surface area contributed by atoms with Crippen LogP contribution in [0.3, 0.4) is 0 Å². The zero-order valence-corrected chi connectivity index (χ0v) is 17.6. The molecule has 0 saturated carbocycles. The number of nitrogens with zero attached hydrogens (tertiary/aromatic N) is 5. The Kier molecular flexibility index (Phi) is 4.88. The van der Waals surface area contributed by atoms with Crippen molar-refractivity contribution >= 4 is 28.9 Å². The van der Waals surface area contributed by atoms with Gasteiger partial charge in [0.2, 0.25) is 10.5 Å². The molecule has 0 unspecified atom stereocenters. The first kappa shape index (κ1) is 19.0. The summed E-state index contributed by atoms with van der Waals surface area (Å²) >= 11 is 5.80. The van der Waals surface area contributed by atoms with Crippen molar-refractivity contribution in [3.05, 3.63) is 69.2 Å². The van der Waals surface area contributed by atoms with Crippen LogP contribution in [0.2, 0.25) is 0 Å². The van der Waals surface area contributed by atoms with Gasteiger partial charge in [-0.15, -0.1) is 5.10 Å². The lowest BCUT2D eigenvalue weighted by Gasteiger charge is -2.13. The van der Waals surface area contributed by atoms with E-state index in [-0.39, 0.29) is 5.56 Å². The van der Waals surface area contributed by atoms with E-state index in [1.54, 1.807) is 11.7 Å². The molecule has 7 nitrogen and oxygen atoms in total. The van der Waals surface area contributed by atoms with Crippen LogP contribution in [0.1, 0.15) is 18.4 Å². The molecule has 154 valence electrons. The van der Waals surface area contributed by atoms with Crippen molar-refractivity contribution in [2.75, 3.05) is 20.2 Å². The molecule has 4 aromatic rings. The molecular formula is C22H23N5O2S. The quantitative estimate of drug-likeness (QED) is 0.463. The monoisotopic (exact) mass is 421 g/mol. The van der Waals surface area contributed by atoms with Gasteiger partial charge in [0.1, 0.15) is 5.75 Å². The van der Waals surface area contributed by atoms with Gasteiger partial charge in [0.15, 0.2) is 0 Å². The number of benzene rings is 2. The van der Waals surface area contributed by atoms with Gasteiger partial charge in [0.05, 0.1) is 31.2 Å². The van der Waals surface area contributed by atoms with E-state index in [1.807, 2.05) is 57.6 Å². The van der Waals surface area contributed by atoms with Gasteiger partial charge in [-0.05, 0) is 56.3 Å². The summed E-state index contributed by atoms with van der Waals surface area (Å²) in [6.07, 6.45) is 2.39. The van der Waals surface area contributed by atoms with Crippen LogP contribution in [0, 0.1) is 4.77 Å². The molecule has 2 aromatic heterocycles. The average Bonchev–Trinajstić information content (AvgIpc) is 3.40. The van der Waals surface area contributed by atoms with Gasteiger partial charge in [-0.25, -0.2) is 4.68 Å². The number of rotatable bonds is 5. The molecule has 0 bridgehead atoms. The SMILES string of the molecule is COc1ccccc1Cn1c(=O)c2ccccc2n2c(=S)n(CN3CCCC3)nc12. The van der Waals surface area contributed by atoms with E-state index in [4.69, 9.17) is 22.1 Å². The Morgan fingerprint density at radius 3 is 2.60 bits per heavy atom. The smallest absolute Gasteiger partial charge is 0.263 e. The van der Waals surface area contributed by atoms with Crippen molar-refractivity contribution in [3.8, 4) is 5.75 Å². The summed E-state index contributed by atoms with van der Waals surface area (Å²) in [4.78, 5) is 15.8. The summed E-state index contributed by atoms with van der Waals surface area (Å²) in [6.45, 7) is 3.08. The molecule has 0 spiro atoms. The standard InChI is InChI=1S/C22H23N5O2S/c1-29-19-11-5-2-8-16(19)14-25-20(28)17-9-3-4-10-18(17)27-21(25)23-26(22(27)30)15-24-12-6-7-13-24/h2-5,8-11H,6-7,12-15H2,1H3. The van der Waals surface area contributed by atoms with E-state index in [0.717, 1.165) is 29.9 Å². The molecule has 2 aromatic carbocycles. The summed E-state index contributed by atoms with van der Waals surface area (Å²) in [5, 5.41) is 5.42. The molecule has 0 N–H and O–H groups in total. The molecule has 3 heterocycles. The fraction of sp³-hybridized carbons (Fsp3) is 0.318. The lowest BCUT2D eigenvalue weighted by atomic mass is 10.2. The lowest BCUT2D eigenvalue weighted by molar-refractivity contribution is 0.253. The Hall–Kier alpha value is -2.97. The first-order valence-electron chi connectivity index (χ1n) is 10.1. The van der Waals surface area contributed by atoms with Crippen LogP contribution in [0.15, 0.2) is 53.3 Å². The second kappa shape index (κ2) is 7.70. The Morgan fingerprint density at radius 1 is 1.07 bits per heavy atom. The van der Waals surface area contributed by atoms with Gasteiger partial charge >= 0.3 is 0 Å². The Balaban J connectivity index is 1.75. The predicted octanol–water partition coefficient (Wildman–Crippen LogP) is 3.29. The number of ether oxygens (including phenoxy) is 1. The van der Waals surface area contributed by atoms with Crippen LogP contribution in [0.4, 0.5) is 0 Å². The fourth-order valence-electron chi connectivity index (χ4n) is 4.22. The number of likely N-dealkylation sites (tertiary alicyclic amines) is 1. The van der Waals surface area contributed by atoms with Crippen LogP contribution >= 0.6 is 12.2 Å². The maximum Gasteiger partial charge on any atom is 0.263 e. The molecule has 8 heteroatoms. The van der Waals surface area contributed by atoms with Crippen molar-refractivity contribution < 1.29 is 4.74 Å². The summed E-state index contributed by atoms with van der Waals surface area (Å²) < 4.78 is 11.5. The maximum absolute atomic E-state index is 13.4. The van der Waals surface area contributed by atoms with Gasteiger partial charge in [0.25, 0.3) is 5.56 Å². The third-order valence-electron chi connectivity index (χ3n) is 5.74. The summed E-state index contributed by atoms with van der Waals surface area (Å²) in [6, 6.07) is 15.3. The largest absolute Gasteiger partial charge is 0.496 e. The Morgan fingerprint density at radius 2 is 1.80 bits per heavy atom. The van der Waals surface area contributed by atoms with E-state index in [9.17, 15) is 4.79 Å². The number of hydrogen-bond donors (Lipinski definition) is 0. The Labute approximate surface area is 178 Å². The molecule has 0 radical (unpaired) electrons. The van der Waals surface area contributed by atoms with Gasteiger partial charge < -0.3 is 4.74 Å². The molecular weight excluding hydrogens is 398 g/mol. The summed E-state index contributed by atoms with van der Waals surface area (Å²) in [7, 11) is 1.64. The normalized spacial score (nSPS) is 14.7. The number of fused-ring (bicyclic) bond motifs is 3. The van der Waals surface area contributed by atoms with Crippen LogP contribution < -0.4 is 10.3 Å². The average molecular weight is 422 g/mol. The fourth-order valence-corrected chi connectivity index (χ4v) is 4.50. The predicted molar refractivity (Wildman–Crippen MR) is 119 cm³/mol. The Bertz CT molecular complexity index is 1350. The molecule has 30 heavy (non-hydrogen) atoms. The van der Waals surface area contributed by atoms with E-state index >= 15 is 0 Å². The molecule has 0 amide bonds. The van der Waals surface area contributed by atoms with Crippen molar-refractivity contribution in [2.45, 2.75) is 26.1 Å². The van der Waals surface area contributed by atoms with Gasteiger partial charge in [-0.3, -0.25) is 18.7 Å². The van der Waals surface area contributed by atoms with Gasteiger partial charge in [0, 0.05) is 5.56 Å². The highest BCUT2D eigenvalue weighted by molar-refractivity contribution is 7.71. The highest BCUT2D eigenvalue weighted by Gasteiger charge is 2.19. The third kappa shape index (κ3) is 3.12. The van der Waals surface area contributed by atoms with E-state index < -0.39 is 0 Å². The van der Waals surface area contributed by atoms with Gasteiger partial charge in [-0.2, -0.15) is 0 Å². The molecule has 1 saturated heterocycles. The molecule has 0 atom stereocenters. The summed E-state index contributed by atoms with van der Waals surface area (Å²) in [5.41, 5.74) is 1.61. The van der Waals surface area contributed by atoms with Gasteiger partial charge in [-0.1, -0.05) is 30.3 Å². The van der Waals surface area contributed by atoms with E-state index in [0.29, 0.717) is 29.1 Å². The minimum Gasteiger partial charge on any atom is -0.496 e. The summed E-state index contributed by atoms with van der Waals surface area (Å²) in [5.74, 6) is 1.29. The van der Waals surface area contributed by atoms with Crippen LogP contribution in [0.25, 0.3) is 16.7 Å². The number of aromatic nitrogens is 4.